The molecule has 12 rings (SSSR count). The normalized spacial score (nSPS) is 11.4. The van der Waals surface area contributed by atoms with Crippen molar-refractivity contribution in [2.45, 2.75) is 0 Å². The monoisotopic (exact) mass is 832 g/mol. The van der Waals surface area contributed by atoms with Gasteiger partial charge in [-0.1, -0.05) is 127 Å². The minimum atomic E-state index is 0.540. The van der Waals surface area contributed by atoms with Crippen molar-refractivity contribution in [3.05, 3.63) is 219 Å². The number of rotatable bonds is 8. The van der Waals surface area contributed by atoms with Crippen molar-refractivity contribution < 1.29 is 0 Å². The van der Waals surface area contributed by atoms with E-state index in [-0.39, 0.29) is 0 Å². The summed E-state index contributed by atoms with van der Waals surface area (Å²) < 4.78 is 2.21. The van der Waals surface area contributed by atoms with Crippen LogP contribution in [0, 0.1) is 0 Å². The van der Waals surface area contributed by atoms with Gasteiger partial charge in [0.05, 0.1) is 44.8 Å². The molecule has 5 aromatic heterocycles. The summed E-state index contributed by atoms with van der Waals surface area (Å²) in [5.41, 5.74) is 13.9. The van der Waals surface area contributed by atoms with E-state index in [2.05, 4.69) is 95.6 Å². The molecule has 12 aromatic rings. The average Bonchev–Trinajstić information content (AvgIpc) is 3.79. The fourth-order valence-electron chi connectivity index (χ4n) is 8.46. The maximum Gasteiger partial charge on any atom is 0.160 e. The first-order valence-corrected chi connectivity index (χ1v) is 21.5. The molecule has 0 amide bonds. The highest BCUT2D eigenvalue weighted by Crippen LogP contribution is 2.37. The van der Waals surface area contributed by atoms with Gasteiger partial charge in [-0.3, -0.25) is 14.5 Å². The number of nitrogens with zero attached hydrogens (tertiary/aromatic N) is 8. The number of pyridine rings is 2. The van der Waals surface area contributed by atoms with Crippen LogP contribution in [0.4, 0.5) is 0 Å². The number of benzene rings is 7. The molecule has 0 spiro atoms. The Morgan fingerprint density at radius 2 is 0.708 bits per heavy atom. The second-order valence-corrected chi connectivity index (χ2v) is 15.9. The van der Waals surface area contributed by atoms with Crippen molar-refractivity contribution in [3.63, 3.8) is 0 Å². The molecule has 0 N–H and O–H groups in total. The van der Waals surface area contributed by atoms with Gasteiger partial charge in [-0.2, -0.15) is 0 Å². The standard InChI is InChI=1S/C57H36N8/c1-4-16-37(17-5-1)50-33-52(44-28-39-20-10-12-24-47(39)58-35-44)62-55(60-50)41-30-42(32-43(31-41)57-64-49-26-14-15-27-54(49)65(57)46-22-8-3-9-23-46)56-61-51(38-18-6-2-7-19-38)34-53(63-56)45-29-40-21-11-13-25-48(40)59-36-45/h1-36H. The van der Waals surface area contributed by atoms with Gasteiger partial charge in [-0.05, 0) is 78.9 Å². The number of fused-ring (bicyclic) bond motifs is 3. The highest BCUT2D eigenvalue weighted by Gasteiger charge is 2.21. The van der Waals surface area contributed by atoms with E-state index in [0.29, 0.717) is 11.6 Å². The molecule has 7 aromatic carbocycles. The molecule has 0 fully saturated rings. The summed E-state index contributed by atoms with van der Waals surface area (Å²) >= 11 is 0. The lowest BCUT2D eigenvalue weighted by Gasteiger charge is -2.15. The summed E-state index contributed by atoms with van der Waals surface area (Å²) in [5.74, 6) is 1.84. The Morgan fingerprint density at radius 1 is 0.292 bits per heavy atom. The topological polar surface area (TPSA) is 95.2 Å². The molecule has 0 bridgehead atoms. The van der Waals surface area contributed by atoms with Crippen LogP contribution in [0.2, 0.25) is 0 Å². The van der Waals surface area contributed by atoms with Crippen LogP contribution < -0.4 is 0 Å². The maximum absolute atomic E-state index is 5.33. The number of para-hydroxylation sites is 5. The molecule has 8 nitrogen and oxygen atoms in total. The van der Waals surface area contributed by atoms with Gasteiger partial charge in [-0.25, -0.2) is 24.9 Å². The summed E-state index contributed by atoms with van der Waals surface area (Å²) in [6.07, 6.45) is 3.78. The zero-order chi connectivity index (χ0) is 43.1. The van der Waals surface area contributed by atoms with Crippen LogP contribution in [0.25, 0.3) is 118 Å². The SMILES string of the molecule is c1ccc(-c2cc(-c3cnc4ccccc4c3)nc(-c3cc(-c4nc(-c5ccccc5)cc(-c5cnc6ccccc6c5)n4)cc(-c4nc5ccccc5n4-c4ccccc4)c3)n2)cc1. The first-order valence-electron chi connectivity index (χ1n) is 21.5. The van der Waals surface area contributed by atoms with Crippen LogP contribution in [0.15, 0.2) is 219 Å². The van der Waals surface area contributed by atoms with E-state index in [1.807, 2.05) is 128 Å². The summed E-state index contributed by atoms with van der Waals surface area (Å²) in [4.78, 5) is 36.2. The van der Waals surface area contributed by atoms with Crippen LogP contribution in [0.3, 0.4) is 0 Å². The summed E-state index contributed by atoms with van der Waals surface area (Å²) in [6.45, 7) is 0. The Balaban J connectivity index is 1.13. The Bertz CT molecular complexity index is 3530. The van der Waals surface area contributed by atoms with Crippen molar-refractivity contribution in [1.29, 1.82) is 0 Å². The largest absolute Gasteiger partial charge is 0.292 e. The predicted molar refractivity (Wildman–Crippen MR) is 261 cm³/mol. The Hall–Kier alpha value is -9.01. The maximum atomic E-state index is 5.33. The second kappa shape index (κ2) is 16.0. The number of hydrogen-bond donors (Lipinski definition) is 0. The minimum Gasteiger partial charge on any atom is -0.292 e. The third-order valence-corrected chi connectivity index (χ3v) is 11.6. The number of imidazole rings is 1. The number of hydrogen-bond acceptors (Lipinski definition) is 7. The van der Waals surface area contributed by atoms with Gasteiger partial charge < -0.3 is 0 Å². The second-order valence-electron chi connectivity index (χ2n) is 15.9. The lowest BCUT2D eigenvalue weighted by molar-refractivity contribution is 1.10. The third kappa shape index (κ3) is 7.24. The smallest absolute Gasteiger partial charge is 0.160 e. The van der Waals surface area contributed by atoms with Crippen molar-refractivity contribution in [1.82, 2.24) is 39.5 Å². The molecular weight excluding hydrogens is 797 g/mol. The fraction of sp³-hybridized carbons (Fsp3) is 0. The van der Waals surface area contributed by atoms with E-state index in [0.717, 1.165) is 106 Å². The van der Waals surface area contributed by atoms with E-state index < -0.39 is 0 Å². The molecule has 304 valence electrons. The minimum absolute atomic E-state index is 0.540. The highest BCUT2D eigenvalue weighted by atomic mass is 15.1. The van der Waals surface area contributed by atoms with Gasteiger partial charge in [0.25, 0.3) is 0 Å². The molecule has 8 heteroatoms. The molecule has 0 aliphatic heterocycles. The van der Waals surface area contributed by atoms with Gasteiger partial charge in [0, 0.05) is 67.8 Å². The molecule has 0 aliphatic rings. The lowest BCUT2D eigenvalue weighted by Crippen LogP contribution is -2.01. The molecule has 0 saturated carbocycles. The van der Waals surface area contributed by atoms with E-state index in [1.165, 1.54) is 0 Å². The van der Waals surface area contributed by atoms with Crippen LogP contribution >= 0.6 is 0 Å². The first kappa shape index (κ1) is 37.7. The zero-order valence-corrected chi connectivity index (χ0v) is 34.9. The summed E-state index contributed by atoms with van der Waals surface area (Å²) in [7, 11) is 0. The fourth-order valence-corrected chi connectivity index (χ4v) is 8.46. The summed E-state index contributed by atoms with van der Waals surface area (Å²) in [6, 6.07) is 70.0. The predicted octanol–water partition coefficient (Wildman–Crippen LogP) is 13.4. The third-order valence-electron chi connectivity index (χ3n) is 11.6. The molecular formula is C57H36N8. The van der Waals surface area contributed by atoms with E-state index in [4.69, 9.17) is 34.9 Å². The van der Waals surface area contributed by atoms with E-state index in [9.17, 15) is 0 Å². The van der Waals surface area contributed by atoms with Crippen LogP contribution in [-0.2, 0) is 0 Å². The van der Waals surface area contributed by atoms with Gasteiger partial charge in [-0.15, -0.1) is 0 Å². The molecule has 0 radical (unpaired) electrons. The molecule has 0 aliphatic carbocycles. The van der Waals surface area contributed by atoms with Gasteiger partial charge >= 0.3 is 0 Å². The van der Waals surface area contributed by atoms with Crippen LogP contribution in [-0.4, -0.2) is 39.5 Å². The van der Waals surface area contributed by atoms with E-state index in [1.54, 1.807) is 0 Å². The Morgan fingerprint density at radius 3 is 1.23 bits per heavy atom. The molecule has 5 heterocycles. The Labute approximate surface area is 374 Å². The molecule has 65 heavy (non-hydrogen) atoms. The van der Waals surface area contributed by atoms with Crippen molar-refractivity contribution >= 4 is 32.8 Å². The quantitative estimate of drug-likeness (QED) is 0.150. The molecule has 0 atom stereocenters. The van der Waals surface area contributed by atoms with Crippen molar-refractivity contribution in [3.8, 4) is 84.9 Å². The highest BCUT2D eigenvalue weighted by molar-refractivity contribution is 5.88. The average molecular weight is 833 g/mol. The van der Waals surface area contributed by atoms with Crippen LogP contribution in [0.1, 0.15) is 0 Å². The lowest BCUT2D eigenvalue weighted by atomic mass is 10.0. The van der Waals surface area contributed by atoms with Gasteiger partial charge in [0.15, 0.2) is 11.6 Å². The Kier molecular flexibility index (Phi) is 9.31. The van der Waals surface area contributed by atoms with Crippen molar-refractivity contribution in [2.75, 3.05) is 0 Å². The van der Waals surface area contributed by atoms with Gasteiger partial charge in [0.2, 0.25) is 0 Å². The summed E-state index contributed by atoms with van der Waals surface area (Å²) in [5, 5.41) is 2.06. The zero-order valence-electron chi connectivity index (χ0n) is 34.9. The molecule has 0 saturated heterocycles. The van der Waals surface area contributed by atoms with Crippen LogP contribution in [0.5, 0.6) is 0 Å². The molecule has 0 unspecified atom stereocenters. The number of aromatic nitrogens is 8. The van der Waals surface area contributed by atoms with Crippen molar-refractivity contribution in [2.24, 2.45) is 0 Å². The van der Waals surface area contributed by atoms with E-state index >= 15 is 0 Å². The van der Waals surface area contributed by atoms with Gasteiger partial charge in [0.1, 0.15) is 5.82 Å². The first-order chi connectivity index (χ1) is 32.2.